The number of nitrogens with zero attached hydrogens (tertiary/aromatic N) is 7. The number of pyridine rings is 1. The molecule has 2 aliphatic rings. The third-order valence-corrected chi connectivity index (χ3v) is 7.21. The molecule has 0 saturated carbocycles. The number of ether oxygens (including phenoxy) is 1. The fourth-order valence-electron chi connectivity index (χ4n) is 4.63. The summed E-state index contributed by atoms with van der Waals surface area (Å²) in [4.78, 5) is 22.5. The second-order valence-electron chi connectivity index (χ2n) is 8.72. The maximum atomic E-state index is 9.52. The highest BCUT2D eigenvalue weighted by Gasteiger charge is 2.28. The van der Waals surface area contributed by atoms with Gasteiger partial charge < -0.3 is 19.4 Å². The third-order valence-electron chi connectivity index (χ3n) is 6.49. The summed E-state index contributed by atoms with van der Waals surface area (Å²) in [5.74, 6) is 2.44. The van der Waals surface area contributed by atoms with Gasteiger partial charge in [-0.05, 0) is 37.4 Å². The summed E-state index contributed by atoms with van der Waals surface area (Å²) in [6.45, 7) is 7.46. The fourth-order valence-corrected chi connectivity index (χ4v) is 5.09. The third kappa shape index (κ3) is 5.04. The molecule has 5 rings (SSSR count). The summed E-state index contributed by atoms with van der Waals surface area (Å²) in [6, 6.07) is 16.7. The van der Waals surface area contributed by atoms with E-state index < -0.39 is 0 Å². The lowest BCUT2D eigenvalue weighted by Gasteiger charge is -2.41. The van der Waals surface area contributed by atoms with Crippen molar-refractivity contribution in [2.24, 2.45) is 0 Å². The van der Waals surface area contributed by atoms with Crippen molar-refractivity contribution in [3.05, 3.63) is 54.2 Å². The van der Waals surface area contributed by atoms with Crippen LogP contribution < -0.4 is 14.7 Å². The van der Waals surface area contributed by atoms with Crippen molar-refractivity contribution in [1.29, 1.82) is 5.26 Å². The van der Waals surface area contributed by atoms with Gasteiger partial charge in [-0.3, -0.25) is 0 Å². The predicted octanol–water partition coefficient (Wildman–Crippen LogP) is 3.68. The standard InChI is InChI=1S/C26H29N7OS/c1-19-18-32(25-21(17-27)6-4-8-28-25)9-10-33(19)24-16-23(20-5-3-7-22(15-20)35-2)29-26(30-24)31-11-13-34-14-12-31/h3-8,15-16,19H,9-14,18H2,1-2H3/t19-/m1/s1. The highest BCUT2D eigenvalue weighted by atomic mass is 32.2. The van der Waals surface area contributed by atoms with E-state index in [1.54, 1.807) is 18.0 Å². The summed E-state index contributed by atoms with van der Waals surface area (Å²) in [6.07, 6.45) is 3.84. The number of rotatable bonds is 5. The number of morpholine rings is 1. The second kappa shape index (κ2) is 10.5. The van der Waals surface area contributed by atoms with Gasteiger partial charge >= 0.3 is 0 Å². The Morgan fingerprint density at radius 2 is 1.89 bits per heavy atom. The maximum absolute atomic E-state index is 9.52. The molecule has 0 radical (unpaired) electrons. The molecule has 0 bridgehead atoms. The van der Waals surface area contributed by atoms with Crippen molar-refractivity contribution >= 4 is 29.3 Å². The van der Waals surface area contributed by atoms with Gasteiger partial charge in [0.05, 0.1) is 24.5 Å². The molecule has 2 aliphatic heterocycles. The van der Waals surface area contributed by atoms with Gasteiger partial charge in [-0.25, -0.2) is 9.97 Å². The van der Waals surface area contributed by atoms with Gasteiger partial charge in [0, 0.05) is 61.5 Å². The van der Waals surface area contributed by atoms with Crippen molar-refractivity contribution < 1.29 is 4.74 Å². The molecule has 0 amide bonds. The van der Waals surface area contributed by atoms with Crippen LogP contribution >= 0.6 is 11.8 Å². The molecule has 0 N–H and O–H groups in total. The van der Waals surface area contributed by atoms with Crippen LogP contribution in [0.5, 0.6) is 0 Å². The molecule has 4 heterocycles. The first-order chi connectivity index (χ1) is 17.2. The Bertz CT molecular complexity index is 1220. The number of nitriles is 1. The van der Waals surface area contributed by atoms with Gasteiger partial charge in [0.2, 0.25) is 5.95 Å². The highest BCUT2D eigenvalue weighted by Crippen LogP contribution is 2.30. The molecular formula is C26H29N7OS. The van der Waals surface area contributed by atoms with Crippen LogP contribution in [0.15, 0.2) is 53.6 Å². The monoisotopic (exact) mass is 487 g/mol. The number of thioether (sulfide) groups is 1. The lowest BCUT2D eigenvalue weighted by Crippen LogP contribution is -2.53. The Kier molecular flexibility index (Phi) is 7.02. The van der Waals surface area contributed by atoms with E-state index in [9.17, 15) is 5.26 Å². The lowest BCUT2D eigenvalue weighted by molar-refractivity contribution is 0.122. The largest absolute Gasteiger partial charge is 0.378 e. The molecule has 180 valence electrons. The highest BCUT2D eigenvalue weighted by molar-refractivity contribution is 7.98. The van der Waals surface area contributed by atoms with Gasteiger partial charge in [0.1, 0.15) is 17.7 Å². The van der Waals surface area contributed by atoms with Crippen LogP contribution in [-0.4, -0.2) is 73.2 Å². The zero-order chi connectivity index (χ0) is 24.2. The van der Waals surface area contributed by atoms with E-state index in [4.69, 9.17) is 14.7 Å². The molecule has 2 fully saturated rings. The Labute approximate surface area is 210 Å². The first-order valence-electron chi connectivity index (χ1n) is 11.9. The number of hydrogen-bond acceptors (Lipinski definition) is 9. The fraction of sp³-hybridized carbons (Fsp3) is 0.385. The van der Waals surface area contributed by atoms with Gasteiger partial charge in [0.25, 0.3) is 0 Å². The van der Waals surface area contributed by atoms with Crippen molar-refractivity contribution in [2.75, 3.05) is 66.9 Å². The Morgan fingerprint density at radius 1 is 1.03 bits per heavy atom. The number of aromatic nitrogens is 3. The Balaban J connectivity index is 1.47. The molecule has 2 saturated heterocycles. The van der Waals surface area contributed by atoms with Crippen LogP contribution in [0.1, 0.15) is 12.5 Å². The summed E-state index contributed by atoms with van der Waals surface area (Å²) in [5, 5.41) is 9.52. The molecule has 0 spiro atoms. The number of piperazine rings is 1. The first-order valence-corrected chi connectivity index (χ1v) is 13.1. The molecule has 9 heteroatoms. The molecule has 3 aromatic rings. The average molecular weight is 488 g/mol. The second-order valence-corrected chi connectivity index (χ2v) is 9.60. The zero-order valence-corrected chi connectivity index (χ0v) is 20.9. The molecular weight excluding hydrogens is 458 g/mol. The van der Waals surface area contributed by atoms with Gasteiger partial charge in [-0.2, -0.15) is 10.2 Å². The van der Waals surface area contributed by atoms with Crippen molar-refractivity contribution in [1.82, 2.24) is 15.0 Å². The van der Waals surface area contributed by atoms with Crippen LogP contribution in [0.3, 0.4) is 0 Å². The molecule has 35 heavy (non-hydrogen) atoms. The quantitative estimate of drug-likeness (QED) is 0.501. The predicted molar refractivity (Wildman–Crippen MR) is 140 cm³/mol. The van der Waals surface area contributed by atoms with Gasteiger partial charge in [-0.1, -0.05) is 12.1 Å². The first kappa shape index (κ1) is 23.4. The molecule has 1 aromatic carbocycles. The van der Waals surface area contributed by atoms with E-state index in [-0.39, 0.29) is 6.04 Å². The number of hydrogen-bond donors (Lipinski definition) is 0. The van der Waals surface area contributed by atoms with E-state index in [0.29, 0.717) is 18.8 Å². The van der Waals surface area contributed by atoms with Crippen molar-refractivity contribution in [2.45, 2.75) is 17.9 Å². The van der Waals surface area contributed by atoms with Gasteiger partial charge in [-0.15, -0.1) is 11.8 Å². The lowest BCUT2D eigenvalue weighted by atomic mass is 10.1. The van der Waals surface area contributed by atoms with Crippen LogP contribution in [0.4, 0.5) is 17.6 Å². The van der Waals surface area contributed by atoms with Gasteiger partial charge in [0.15, 0.2) is 0 Å². The van der Waals surface area contributed by atoms with E-state index in [1.165, 1.54) is 4.90 Å². The SMILES string of the molecule is CSc1cccc(-c2cc(N3CCN(c4ncccc4C#N)C[C@H]3C)nc(N3CCOCC3)n2)c1. The van der Waals surface area contributed by atoms with Crippen LogP contribution in [0.2, 0.25) is 0 Å². The van der Waals surface area contributed by atoms with E-state index >= 15 is 0 Å². The normalized spacial score (nSPS) is 18.4. The maximum Gasteiger partial charge on any atom is 0.228 e. The smallest absolute Gasteiger partial charge is 0.228 e. The Morgan fingerprint density at radius 3 is 2.66 bits per heavy atom. The zero-order valence-electron chi connectivity index (χ0n) is 20.1. The summed E-state index contributed by atoms with van der Waals surface area (Å²) >= 11 is 1.73. The minimum absolute atomic E-state index is 0.190. The van der Waals surface area contributed by atoms with E-state index in [2.05, 4.69) is 69.3 Å². The van der Waals surface area contributed by atoms with E-state index in [1.807, 2.05) is 12.1 Å². The molecule has 0 unspecified atom stereocenters. The molecule has 8 nitrogen and oxygen atoms in total. The number of anilines is 3. The van der Waals surface area contributed by atoms with Crippen molar-refractivity contribution in [3.8, 4) is 17.3 Å². The average Bonchev–Trinajstić information content (AvgIpc) is 2.93. The summed E-state index contributed by atoms with van der Waals surface area (Å²) in [7, 11) is 0. The minimum Gasteiger partial charge on any atom is -0.378 e. The summed E-state index contributed by atoms with van der Waals surface area (Å²) < 4.78 is 5.56. The van der Waals surface area contributed by atoms with Crippen LogP contribution in [0, 0.1) is 11.3 Å². The van der Waals surface area contributed by atoms with Crippen molar-refractivity contribution in [3.63, 3.8) is 0 Å². The van der Waals surface area contributed by atoms with E-state index in [0.717, 1.165) is 61.6 Å². The molecule has 0 aliphatic carbocycles. The summed E-state index contributed by atoms with van der Waals surface area (Å²) in [5.41, 5.74) is 2.63. The minimum atomic E-state index is 0.190. The topological polar surface area (TPSA) is 81.4 Å². The molecule has 2 aromatic heterocycles. The van der Waals surface area contributed by atoms with Crippen LogP contribution in [0.25, 0.3) is 11.3 Å². The van der Waals surface area contributed by atoms with Crippen LogP contribution in [-0.2, 0) is 4.74 Å². The molecule has 1 atom stereocenters. The number of benzene rings is 1. The Hall–Kier alpha value is -3.35.